The Hall–Kier alpha value is -3.16. The number of fused-ring (bicyclic) bond motifs is 2. The molecule has 2 saturated heterocycles. The molecule has 3 aromatic rings. The third kappa shape index (κ3) is 4.74. The van der Waals surface area contributed by atoms with Crippen LogP contribution in [0.25, 0.3) is 10.8 Å². The van der Waals surface area contributed by atoms with Crippen molar-refractivity contribution < 1.29 is 23.2 Å². The number of morpholine rings is 1. The number of anilines is 1. The summed E-state index contributed by atoms with van der Waals surface area (Å²) in [6.07, 6.45) is 2.74. The van der Waals surface area contributed by atoms with E-state index in [4.69, 9.17) is 9.94 Å². The van der Waals surface area contributed by atoms with Gasteiger partial charge in [-0.3, -0.25) is 14.9 Å². The standard InChI is InChI=1S/C26H30N6O5S/c33-25(29-34)20-14-27-26(28-15-20)31-16-22-23(17-31)24(22)32(8-7-30-9-11-37-12-10-30)38(35,36)21-6-5-18-3-1-2-4-19(18)13-21/h1-6,13-15,22-24,34H,7-12,16-17H2,(H,29,33). The van der Waals surface area contributed by atoms with Gasteiger partial charge in [0, 0.05) is 57.7 Å². The van der Waals surface area contributed by atoms with E-state index in [1.165, 1.54) is 12.4 Å². The van der Waals surface area contributed by atoms with Crippen LogP contribution in [0.4, 0.5) is 5.95 Å². The van der Waals surface area contributed by atoms with Crippen LogP contribution >= 0.6 is 0 Å². The third-order valence-electron chi connectivity index (χ3n) is 7.83. The molecule has 12 heteroatoms. The van der Waals surface area contributed by atoms with Gasteiger partial charge in [-0.2, -0.15) is 4.31 Å². The summed E-state index contributed by atoms with van der Waals surface area (Å²) >= 11 is 0. The lowest BCUT2D eigenvalue weighted by atomic mass is 10.1. The van der Waals surface area contributed by atoms with Crippen molar-refractivity contribution in [2.24, 2.45) is 11.8 Å². The van der Waals surface area contributed by atoms with Crippen LogP contribution in [0.1, 0.15) is 10.4 Å². The van der Waals surface area contributed by atoms with Gasteiger partial charge in [0.2, 0.25) is 16.0 Å². The van der Waals surface area contributed by atoms with E-state index in [9.17, 15) is 13.2 Å². The van der Waals surface area contributed by atoms with Gasteiger partial charge in [-0.05, 0) is 34.7 Å². The van der Waals surface area contributed by atoms with Crippen LogP contribution in [-0.2, 0) is 14.8 Å². The van der Waals surface area contributed by atoms with Crippen LogP contribution in [-0.4, -0.2) is 97.2 Å². The van der Waals surface area contributed by atoms with E-state index in [2.05, 4.69) is 14.9 Å². The molecule has 38 heavy (non-hydrogen) atoms. The highest BCUT2D eigenvalue weighted by molar-refractivity contribution is 7.89. The van der Waals surface area contributed by atoms with Crippen molar-refractivity contribution >= 4 is 32.7 Å². The number of nitrogens with zero attached hydrogens (tertiary/aromatic N) is 5. The highest BCUT2D eigenvalue weighted by Gasteiger charge is 2.61. The molecular formula is C26H30N6O5S. The number of nitrogens with one attached hydrogen (secondary N) is 1. The maximum Gasteiger partial charge on any atom is 0.277 e. The maximum absolute atomic E-state index is 14.0. The van der Waals surface area contributed by atoms with Gasteiger partial charge in [0.25, 0.3) is 5.91 Å². The number of amides is 1. The first-order valence-electron chi connectivity index (χ1n) is 12.8. The summed E-state index contributed by atoms with van der Waals surface area (Å²) < 4.78 is 35.2. The number of aromatic nitrogens is 2. The highest BCUT2D eigenvalue weighted by atomic mass is 32.2. The van der Waals surface area contributed by atoms with E-state index < -0.39 is 15.9 Å². The van der Waals surface area contributed by atoms with E-state index in [0.717, 1.165) is 23.9 Å². The monoisotopic (exact) mass is 538 g/mol. The zero-order valence-electron chi connectivity index (χ0n) is 20.8. The second-order valence-corrected chi connectivity index (χ2v) is 11.9. The number of piperidine rings is 1. The lowest BCUT2D eigenvalue weighted by molar-refractivity contribution is 0.0359. The average Bonchev–Trinajstić information content (AvgIpc) is 3.42. The summed E-state index contributed by atoms with van der Waals surface area (Å²) in [7, 11) is -3.71. The minimum atomic E-state index is -3.71. The largest absolute Gasteiger partial charge is 0.379 e. The number of hydrogen-bond acceptors (Lipinski definition) is 9. The second-order valence-electron chi connectivity index (χ2n) is 10.0. The van der Waals surface area contributed by atoms with Crippen molar-refractivity contribution in [3.8, 4) is 0 Å². The first-order chi connectivity index (χ1) is 18.5. The van der Waals surface area contributed by atoms with Gasteiger partial charge in [0.1, 0.15) is 0 Å². The Morgan fingerprint density at radius 1 is 1.05 bits per heavy atom. The smallest absolute Gasteiger partial charge is 0.277 e. The Bertz CT molecular complexity index is 1420. The Labute approximate surface area is 221 Å². The van der Waals surface area contributed by atoms with Gasteiger partial charge >= 0.3 is 0 Å². The van der Waals surface area contributed by atoms with Crippen molar-refractivity contribution in [2.75, 3.05) is 57.4 Å². The van der Waals surface area contributed by atoms with E-state index in [1.807, 2.05) is 35.2 Å². The lowest BCUT2D eigenvalue weighted by Gasteiger charge is -2.31. The highest BCUT2D eigenvalue weighted by Crippen LogP contribution is 2.51. The molecule has 2 atom stereocenters. The Morgan fingerprint density at radius 2 is 1.74 bits per heavy atom. The maximum atomic E-state index is 14.0. The van der Waals surface area contributed by atoms with Gasteiger partial charge < -0.3 is 9.64 Å². The molecule has 2 unspecified atom stereocenters. The number of carbonyl (C=O) groups is 1. The number of sulfonamides is 1. The van der Waals surface area contributed by atoms with Gasteiger partial charge in [-0.15, -0.1) is 0 Å². The summed E-state index contributed by atoms with van der Waals surface area (Å²) in [4.78, 5) is 24.7. The zero-order valence-corrected chi connectivity index (χ0v) is 21.6. The zero-order chi connectivity index (χ0) is 26.3. The minimum absolute atomic E-state index is 0.0804. The molecule has 3 fully saturated rings. The summed E-state index contributed by atoms with van der Waals surface area (Å²) in [6, 6.07) is 13.0. The van der Waals surface area contributed by atoms with E-state index in [1.54, 1.807) is 21.9 Å². The number of rotatable bonds is 8. The normalized spacial score (nSPS) is 23.5. The first-order valence-corrected chi connectivity index (χ1v) is 14.2. The number of ether oxygens (including phenoxy) is 1. The fourth-order valence-corrected chi connectivity index (χ4v) is 7.45. The molecule has 2 aliphatic heterocycles. The second kappa shape index (κ2) is 10.2. The van der Waals surface area contributed by atoms with Crippen LogP contribution in [0.2, 0.25) is 0 Å². The summed E-state index contributed by atoms with van der Waals surface area (Å²) in [5.41, 5.74) is 1.73. The van der Waals surface area contributed by atoms with Crippen LogP contribution in [0, 0.1) is 11.8 Å². The fraction of sp³-hybridized carbons (Fsp3) is 0.423. The summed E-state index contributed by atoms with van der Waals surface area (Å²) in [5.74, 6) is 0.177. The molecule has 0 radical (unpaired) electrons. The van der Waals surface area contributed by atoms with Crippen LogP contribution in [0.15, 0.2) is 59.8 Å². The molecule has 0 bridgehead atoms. The number of hydrogen-bond donors (Lipinski definition) is 2. The number of carbonyl (C=O) groups excluding carboxylic acids is 1. The van der Waals surface area contributed by atoms with Crippen molar-refractivity contribution in [1.82, 2.24) is 24.7 Å². The number of hydroxylamine groups is 1. The molecule has 3 heterocycles. The molecule has 11 nitrogen and oxygen atoms in total. The third-order valence-corrected chi connectivity index (χ3v) is 9.73. The topological polar surface area (TPSA) is 128 Å². The first kappa shape index (κ1) is 25.1. The van der Waals surface area contributed by atoms with Gasteiger partial charge in [-0.1, -0.05) is 30.3 Å². The van der Waals surface area contributed by atoms with Crippen molar-refractivity contribution in [3.63, 3.8) is 0 Å². The molecule has 1 aromatic heterocycles. The molecule has 200 valence electrons. The minimum Gasteiger partial charge on any atom is -0.379 e. The fourth-order valence-electron chi connectivity index (χ4n) is 5.71. The van der Waals surface area contributed by atoms with E-state index in [-0.39, 0.29) is 23.4 Å². The quantitative estimate of drug-likeness (QED) is 0.321. The molecule has 0 spiro atoms. The Morgan fingerprint density at radius 3 is 2.42 bits per heavy atom. The average molecular weight is 539 g/mol. The molecule has 3 aliphatic rings. The molecular weight excluding hydrogens is 508 g/mol. The van der Waals surface area contributed by atoms with Crippen LogP contribution < -0.4 is 10.4 Å². The number of benzene rings is 2. The molecule has 2 N–H and O–H groups in total. The van der Waals surface area contributed by atoms with E-state index >= 15 is 0 Å². The van der Waals surface area contributed by atoms with Crippen molar-refractivity contribution in [1.29, 1.82) is 0 Å². The van der Waals surface area contributed by atoms with E-state index in [0.29, 0.717) is 50.2 Å². The van der Waals surface area contributed by atoms with Gasteiger partial charge in [-0.25, -0.2) is 23.9 Å². The van der Waals surface area contributed by atoms with Crippen LogP contribution in [0.3, 0.4) is 0 Å². The SMILES string of the molecule is O=C(NO)c1cnc(N2CC3C(C2)C3N(CCN2CCOCC2)S(=O)(=O)c2ccc3ccccc3c2)nc1. The molecule has 1 saturated carbocycles. The predicted octanol–water partition coefficient (Wildman–Crippen LogP) is 1.21. The molecule has 1 aliphatic carbocycles. The Kier molecular flexibility index (Phi) is 6.74. The summed E-state index contributed by atoms with van der Waals surface area (Å²) in [6.45, 7) is 5.30. The molecule has 1 amide bonds. The molecule has 2 aromatic carbocycles. The van der Waals surface area contributed by atoms with Gasteiger partial charge in [0.15, 0.2) is 0 Å². The Balaban J connectivity index is 1.21. The molecule has 6 rings (SSSR count). The lowest BCUT2D eigenvalue weighted by Crippen LogP contribution is -2.45. The van der Waals surface area contributed by atoms with Crippen molar-refractivity contribution in [2.45, 2.75) is 10.9 Å². The summed E-state index contributed by atoms with van der Waals surface area (Å²) in [5, 5.41) is 10.7. The predicted molar refractivity (Wildman–Crippen MR) is 139 cm³/mol. The van der Waals surface area contributed by atoms with Gasteiger partial charge in [0.05, 0.1) is 23.7 Å². The van der Waals surface area contributed by atoms with Crippen LogP contribution in [0.5, 0.6) is 0 Å². The van der Waals surface area contributed by atoms with Crippen molar-refractivity contribution in [3.05, 3.63) is 60.4 Å².